The number of carbonyl (C=O) groups is 2. The van der Waals surface area contributed by atoms with Crippen molar-refractivity contribution >= 4 is 44.1 Å². The van der Waals surface area contributed by atoms with Crippen LogP contribution in [0.15, 0.2) is 70.9 Å². The number of fused-ring (bicyclic) bond motifs is 1. The number of nitrogens with zero attached hydrogens (tertiary/aromatic N) is 2. The summed E-state index contributed by atoms with van der Waals surface area (Å²) in [5.41, 5.74) is 1.81. The molecule has 1 atom stereocenters. The lowest BCUT2D eigenvalue weighted by Crippen LogP contribution is -2.29. The number of aliphatic hydroxyl groups excluding tert-OH is 1. The summed E-state index contributed by atoms with van der Waals surface area (Å²) in [6, 6.07) is 13.3. The molecule has 1 saturated heterocycles. The second-order valence-corrected chi connectivity index (χ2v) is 8.17. The molecule has 1 aliphatic rings. The monoisotopic (exact) mass is 434 g/mol. The van der Waals surface area contributed by atoms with Crippen LogP contribution in [0.3, 0.4) is 0 Å². The summed E-state index contributed by atoms with van der Waals surface area (Å²) in [7, 11) is 0. The number of aromatic nitrogens is 1. The number of rotatable bonds is 3. The third-order valence-corrected chi connectivity index (χ3v) is 6.14. The summed E-state index contributed by atoms with van der Waals surface area (Å²) in [6.45, 7) is 1.90. The highest BCUT2D eigenvalue weighted by molar-refractivity contribution is 7.22. The summed E-state index contributed by atoms with van der Waals surface area (Å²) in [6.07, 6.45) is 1.43. The number of aliphatic hydroxyl groups is 1. The lowest BCUT2D eigenvalue weighted by Gasteiger charge is -2.20. The zero-order chi connectivity index (χ0) is 21.7. The minimum Gasteiger partial charge on any atom is -0.507 e. The van der Waals surface area contributed by atoms with Gasteiger partial charge in [-0.05, 0) is 37.3 Å². The molecular weight excluding hydrogens is 419 g/mol. The standard InChI is InChI=1S/C23H15FN2O4S/c1-12-4-6-13(7-5-12)20(27)18-19(16-3-2-10-30-16)26(22(29)21(18)28)23-25-15-9-8-14(24)11-17(15)31-23/h2-11,19,27H,1H3/b20-18+. The number of hydrogen-bond donors (Lipinski definition) is 1. The third kappa shape index (κ3) is 3.12. The molecule has 3 heterocycles. The molecule has 0 bridgehead atoms. The average molecular weight is 434 g/mol. The van der Waals surface area contributed by atoms with Gasteiger partial charge >= 0.3 is 5.91 Å². The molecular formula is C23H15FN2O4S. The Balaban J connectivity index is 1.71. The molecule has 31 heavy (non-hydrogen) atoms. The lowest BCUT2D eigenvalue weighted by atomic mass is 9.99. The predicted molar refractivity (Wildman–Crippen MR) is 114 cm³/mol. The van der Waals surface area contributed by atoms with Crippen LogP contribution in [0.1, 0.15) is 22.9 Å². The van der Waals surface area contributed by atoms with Gasteiger partial charge in [0, 0.05) is 5.56 Å². The Bertz CT molecular complexity index is 1360. The topological polar surface area (TPSA) is 83.6 Å². The van der Waals surface area contributed by atoms with Crippen LogP contribution >= 0.6 is 11.3 Å². The van der Waals surface area contributed by atoms with Crippen LogP contribution in [0.25, 0.3) is 16.0 Å². The highest BCUT2D eigenvalue weighted by atomic mass is 32.1. The van der Waals surface area contributed by atoms with Crippen molar-refractivity contribution in [2.24, 2.45) is 0 Å². The Morgan fingerprint density at radius 3 is 2.65 bits per heavy atom. The normalized spacial score (nSPS) is 18.3. The molecule has 154 valence electrons. The van der Waals surface area contributed by atoms with Gasteiger partial charge < -0.3 is 9.52 Å². The summed E-state index contributed by atoms with van der Waals surface area (Å²) in [4.78, 5) is 31.7. The van der Waals surface area contributed by atoms with Gasteiger partial charge in [0.05, 0.1) is 22.1 Å². The van der Waals surface area contributed by atoms with E-state index in [2.05, 4.69) is 4.98 Å². The molecule has 1 unspecified atom stereocenters. The maximum absolute atomic E-state index is 13.6. The fourth-order valence-electron chi connectivity index (χ4n) is 3.60. The van der Waals surface area contributed by atoms with E-state index in [9.17, 15) is 19.1 Å². The number of aryl methyl sites for hydroxylation is 1. The van der Waals surface area contributed by atoms with Gasteiger partial charge in [-0.25, -0.2) is 9.37 Å². The number of amides is 1. The number of carbonyl (C=O) groups excluding carboxylic acids is 2. The Morgan fingerprint density at radius 1 is 1.16 bits per heavy atom. The van der Waals surface area contributed by atoms with Gasteiger partial charge in [0.15, 0.2) is 5.13 Å². The number of anilines is 1. The quantitative estimate of drug-likeness (QED) is 0.280. The van der Waals surface area contributed by atoms with E-state index in [1.165, 1.54) is 29.4 Å². The van der Waals surface area contributed by atoms with Crippen molar-refractivity contribution in [2.45, 2.75) is 13.0 Å². The number of benzene rings is 2. The van der Waals surface area contributed by atoms with Crippen LogP contribution in [-0.2, 0) is 9.59 Å². The second-order valence-electron chi connectivity index (χ2n) is 7.16. The molecule has 6 nitrogen and oxygen atoms in total. The molecule has 0 saturated carbocycles. The van der Waals surface area contributed by atoms with Crippen molar-refractivity contribution in [1.82, 2.24) is 4.98 Å². The van der Waals surface area contributed by atoms with Crippen molar-refractivity contribution in [2.75, 3.05) is 4.90 Å². The van der Waals surface area contributed by atoms with Crippen molar-refractivity contribution < 1.29 is 23.5 Å². The molecule has 4 aromatic rings. The fourth-order valence-corrected chi connectivity index (χ4v) is 4.62. The molecule has 2 aromatic carbocycles. The summed E-state index contributed by atoms with van der Waals surface area (Å²) < 4.78 is 19.7. The van der Waals surface area contributed by atoms with Gasteiger partial charge in [-0.3, -0.25) is 14.5 Å². The number of Topliss-reactive ketones (excluding diaryl/α,β-unsaturated/α-hetero) is 1. The molecule has 2 aromatic heterocycles. The van der Waals surface area contributed by atoms with E-state index >= 15 is 0 Å². The first-order chi connectivity index (χ1) is 14.9. The molecule has 1 fully saturated rings. The van der Waals surface area contributed by atoms with Gasteiger partial charge in [-0.15, -0.1) is 0 Å². The van der Waals surface area contributed by atoms with Crippen molar-refractivity contribution in [3.63, 3.8) is 0 Å². The lowest BCUT2D eigenvalue weighted by molar-refractivity contribution is -0.132. The summed E-state index contributed by atoms with van der Waals surface area (Å²) >= 11 is 1.08. The maximum Gasteiger partial charge on any atom is 0.302 e. The van der Waals surface area contributed by atoms with Crippen LogP contribution in [-0.4, -0.2) is 21.8 Å². The van der Waals surface area contributed by atoms with E-state index in [-0.39, 0.29) is 16.5 Å². The van der Waals surface area contributed by atoms with Crippen LogP contribution in [0.5, 0.6) is 0 Å². The number of thiazole rings is 1. The highest BCUT2D eigenvalue weighted by Crippen LogP contribution is 2.44. The first kappa shape index (κ1) is 19.2. The van der Waals surface area contributed by atoms with E-state index in [4.69, 9.17) is 4.42 Å². The van der Waals surface area contributed by atoms with Crippen LogP contribution in [0.4, 0.5) is 9.52 Å². The van der Waals surface area contributed by atoms with E-state index in [1.807, 2.05) is 6.92 Å². The number of furan rings is 1. The molecule has 8 heteroatoms. The predicted octanol–water partition coefficient (Wildman–Crippen LogP) is 4.96. The van der Waals surface area contributed by atoms with E-state index in [0.717, 1.165) is 16.9 Å². The largest absolute Gasteiger partial charge is 0.507 e. The Hall–Kier alpha value is -3.78. The second kappa shape index (κ2) is 7.17. The molecule has 1 amide bonds. The van der Waals surface area contributed by atoms with E-state index in [0.29, 0.717) is 21.5 Å². The third-order valence-electron chi connectivity index (χ3n) is 5.13. The SMILES string of the molecule is Cc1ccc(/C(O)=C2\C(=O)C(=O)N(c3nc4ccc(F)cc4s3)C2c2ccco2)cc1. The number of hydrogen-bond acceptors (Lipinski definition) is 6. The molecule has 5 rings (SSSR count). The Kier molecular flexibility index (Phi) is 4.44. The molecule has 0 aliphatic carbocycles. The zero-order valence-electron chi connectivity index (χ0n) is 16.2. The van der Waals surface area contributed by atoms with Crippen molar-refractivity contribution in [3.05, 3.63) is 89.1 Å². The van der Waals surface area contributed by atoms with Crippen LogP contribution in [0.2, 0.25) is 0 Å². The molecule has 0 radical (unpaired) electrons. The molecule has 1 aliphatic heterocycles. The highest BCUT2D eigenvalue weighted by Gasteiger charge is 2.49. The molecule has 1 N–H and O–H groups in total. The van der Waals surface area contributed by atoms with Gasteiger partial charge in [0.1, 0.15) is 23.4 Å². The first-order valence-electron chi connectivity index (χ1n) is 9.41. The first-order valence-corrected chi connectivity index (χ1v) is 10.2. The minimum absolute atomic E-state index is 0.0887. The molecule has 0 spiro atoms. The zero-order valence-corrected chi connectivity index (χ0v) is 17.0. The minimum atomic E-state index is -0.998. The smallest absolute Gasteiger partial charge is 0.302 e. The maximum atomic E-state index is 13.6. The number of ketones is 1. The Labute approximate surface area is 179 Å². The van der Waals surface area contributed by atoms with Crippen LogP contribution < -0.4 is 4.90 Å². The van der Waals surface area contributed by atoms with Crippen LogP contribution in [0, 0.1) is 12.7 Å². The van der Waals surface area contributed by atoms with Gasteiger partial charge in [0.2, 0.25) is 0 Å². The average Bonchev–Trinajstić information content (AvgIpc) is 3.47. The Morgan fingerprint density at radius 2 is 1.94 bits per heavy atom. The van der Waals surface area contributed by atoms with E-state index in [1.54, 1.807) is 36.4 Å². The van der Waals surface area contributed by atoms with Gasteiger partial charge in [-0.2, -0.15) is 0 Å². The summed E-state index contributed by atoms with van der Waals surface area (Å²) in [5.74, 6) is -2.10. The number of halogens is 1. The summed E-state index contributed by atoms with van der Waals surface area (Å²) in [5, 5.41) is 11.2. The fraction of sp³-hybridized carbons (Fsp3) is 0.0870. The van der Waals surface area contributed by atoms with Crippen molar-refractivity contribution in [3.8, 4) is 0 Å². The van der Waals surface area contributed by atoms with Crippen molar-refractivity contribution in [1.29, 1.82) is 0 Å². The van der Waals surface area contributed by atoms with Gasteiger partial charge in [0.25, 0.3) is 5.78 Å². The van der Waals surface area contributed by atoms with E-state index < -0.39 is 23.5 Å². The van der Waals surface area contributed by atoms with Gasteiger partial charge in [-0.1, -0.05) is 41.2 Å².